The molecular weight excluding hydrogens is 486 g/mol. The third-order valence-electron chi connectivity index (χ3n) is 6.49. The Morgan fingerprint density at radius 3 is 2.46 bits per heavy atom. The first kappa shape index (κ1) is 23.4. The van der Waals surface area contributed by atoms with Crippen LogP contribution < -0.4 is 20.7 Å². The van der Waals surface area contributed by atoms with Gasteiger partial charge < -0.3 is 19.6 Å². The molecule has 5 heterocycles. The summed E-state index contributed by atoms with van der Waals surface area (Å²) in [5.41, 5.74) is 7.63. The van der Waals surface area contributed by atoms with Crippen molar-refractivity contribution in [1.82, 2.24) is 30.8 Å². The molecule has 4 aromatic rings. The summed E-state index contributed by atoms with van der Waals surface area (Å²) >= 11 is 1.51. The van der Waals surface area contributed by atoms with Gasteiger partial charge in [-0.1, -0.05) is 25.1 Å². The standard InChI is InChI=1S/C26H27N9OS/c1-18-22(21-8-5-17-36-21)32-33-23(18)28-24-29-25(31-26(30-24)37-20-6-3-2-4-7-20)35-15-13-34(14-16-35)19-9-11-27-12-10-19/h2-12,17-18,22,32H,13-16H2,1H3,(H,28,29,30,31,33). The number of nitrogens with zero attached hydrogens (tertiary/aromatic N) is 7. The van der Waals surface area contributed by atoms with Gasteiger partial charge in [0.05, 0.1) is 12.3 Å². The summed E-state index contributed by atoms with van der Waals surface area (Å²) in [6.07, 6.45) is 5.34. The molecule has 2 fully saturated rings. The number of amidine groups is 1. The van der Waals surface area contributed by atoms with Gasteiger partial charge in [0.2, 0.25) is 5.95 Å². The number of hydrogen-bond acceptors (Lipinski definition) is 10. The van der Waals surface area contributed by atoms with Crippen LogP contribution in [0.5, 0.6) is 0 Å². The molecule has 2 unspecified atom stereocenters. The Bertz CT molecular complexity index is 1340. The highest BCUT2D eigenvalue weighted by Crippen LogP contribution is 2.30. The smallest absolute Gasteiger partial charge is 0.256 e. The molecule has 0 spiro atoms. The van der Waals surface area contributed by atoms with E-state index in [9.17, 15) is 0 Å². The minimum absolute atomic E-state index is 0.0190. The van der Waals surface area contributed by atoms with Crippen molar-refractivity contribution in [2.45, 2.75) is 23.0 Å². The normalized spacial score (nSPS) is 20.8. The van der Waals surface area contributed by atoms with Crippen LogP contribution in [0, 0.1) is 5.92 Å². The molecule has 2 atom stereocenters. The first-order chi connectivity index (χ1) is 18.2. The van der Waals surface area contributed by atoms with E-state index in [2.05, 4.69) is 37.5 Å². The van der Waals surface area contributed by atoms with Crippen LogP contribution in [0.15, 0.2) is 92.7 Å². The molecule has 2 saturated heterocycles. The monoisotopic (exact) mass is 513 g/mol. The number of aliphatic imine (C=N–C) groups is 1. The average molecular weight is 514 g/mol. The maximum atomic E-state index is 5.59. The van der Waals surface area contributed by atoms with Crippen LogP contribution in [0.25, 0.3) is 0 Å². The highest BCUT2D eigenvalue weighted by Gasteiger charge is 2.32. The Labute approximate surface area is 219 Å². The van der Waals surface area contributed by atoms with Gasteiger partial charge in [-0.25, -0.2) is 5.43 Å². The van der Waals surface area contributed by atoms with Crippen molar-refractivity contribution < 1.29 is 4.42 Å². The second-order valence-corrected chi connectivity index (χ2v) is 9.90. The SMILES string of the molecule is CC1C(=Nc2nc(Sc3ccccc3)nc(N3CCN(c4ccncc4)CC3)n2)NNC1c1ccco1. The Balaban J connectivity index is 1.26. The van der Waals surface area contributed by atoms with E-state index in [1.165, 1.54) is 17.4 Å². The quantitative estimate of drug-likeness (QED) is 0.395. The molecular formula is C26H27N9OS. The van der Waals surface area contributed by atoms with Crippen molar-refractivity contribution in [2.75, 3.05) is 36.0 Å². The molecule has 10 nitrogen and oxygen atoms in total. The molecule has 6 rings (SSSR count). The number of hydrogen-bond donors (Lipinski definition) is 2. The number of furan rings is 1. The maximum absolute atomic E-state index is 5.59. The predicted octanol–water partition coefficient (Wildman–Crippen LogP) is 3.85. The number of nitrogens with one attached hydrogen (secondary N) is 2. The van der Waals surface area contributed by atoms with Gasteiger partial charge in [0, 0.05) is 55.1 Å². The number of rotatable bonds is 6. The lowest BCUT2D eigenvalue weighted by Crippen LogP contribution is -2.47. The summed E-state index contributed by atoms with van der Waals surface area (Å²) in [5, 5.41) is 0.619. The van der Waals surface area contributed by atoms with Crippen molar-refractivity contribution in [2.24, 2.45) is 10.9 Å². The molecule has 0 amide bonds. The number of pyridine rings is 1. The zero-order valence-electron chi connectivity index (χ0n) is 20.4. The fraction of sp³-hybridized carbons (Fsp3) is 0.269. The Hall–Kier alpha value is -3.96. The predicted molar refractivity (Wildman–Crippen MR) is 143 cm³/mol. The van der Waals surface area contributed by atoms with E-state index >= 15 is 0 Å². The van der Waals surface area contributed by atoms with E-state index in [0.717, 1.165) is 42.7 Å². The number of piperazine rings is 1. The molecule has 0 bridgehead atoms. The largest absolute Gasteiger partial charge is 0.468 e. The van der Waals surface area contributed by atoms with E-state index in [1.807, 2.05) is 67.0 Å². The molecule has 37 heavy (non-hydrogen) atoms. The lowest BCUT2D eigenvalue weighted by molar-refractivity contribution is 0.398. The minimum atomic E-state index is -0.0190. The number of benzene rings is 1. The molecule has 0 radical (unpaired) electrons. The Kier molecular flexibility index (Phi) is 6.70. The third kappa shape index (κ3) is 5.27. The van der Waals surface area contributed by atoms with Crippen molar-refractivity contribution >= 4 is 35.2 Å². The molecule has 2 aliphatic heterocycles. The topological polar surface area (TPSA) is 108 Å². The van der Waals surface area contributed by atoms with Crippen LogP contribution in [0.2, 0.25) is 0 Å². The van der Waals surface area contributed by atoms with Crippen molar-refractivity contribution in [3.63, 3.8) is 0 Å². The van der Waals surface area contributed by atoms with Gasteiger partial charge in [0.15, 0.2) is 5.16 Å². The maximum Gasteiger partial charge on any atom is 0.256 e. The van der Waals surface area contributed by atoms with Crippen molar-refractivity contribution in [1.29, 1.82) is 0 Å². The van der Waals surface area contributed by atoms with Gasteiger partial charge in [0.25, 0.3) is 5.95 Å². The summed E-state index contributed by atoms with van der Waals surface area (Å²) in [6, 6.07) is 18.0. The highest BCUT2D eigenvalue weighted by molar-refractivity contribution is 7.99. The van der Waals surface area contributed by atoms with Crippen molar-refractivity contribution in [3.8, 4) is 0 Å². The summed E-state index contributed by atoms with van der Waals surface area (Å²) in [6.45, 7) is 5.43. The molecule has 188 valence electrons. The zero-order chi connectivity index (χ0) is 25.0. The summed E-state index contributed by atoms with van der Waals surface area (Å²) < 4.78 is 5.59. The second kappa shape index (κ2) is 10.6. The lowest BCUT2D eigenvalue weighted by atomic mass is 10.0. The molecule has 2 N–H and O–H groups in total. The fourth-order valence-corrected chi connectivity index (χ4v) is 5.22. The lowest BCUT2D eigenvalue weighted by Gasteiger charge is -2.36. The first-order valence-electron chi connectivity index (χ1n) is 12.3. The Morgan fingerprint density at radius 2 is 1.70 bits per heavy atom. The van der Waals surface area contributed by atoms with Crippen LogP contribution >= 0.6 is 11.8 Å². The van der Waals surface area contributed by atoms with Gasteiger partial charge in [-0.2, -0.15) is 19.9 Å². The molecule has 11 heteroatoms. The van der Waals surface area contributed by atoms with Crippen molar-refractivity contribution in [3.05, 3.63) is 79.0 Å². The van der Waals surface area contributed by atoms with E-state index in [-0.39, 0.29) is 12.0 Å². The fourth-order valence-electron chi connectivity index (χ4n) is 4.46. The first-order valence-corrected chi connectivity index (χ1v) is 13.1. The van der Waals surface area contributed by atoms with E-state index < -0.39 is 0 Å². The molecule has 0 saturated carbocycles. The number of hydrazine groups is 1. The van der Waals surface area contributed by atoms with Gasteiger partial charge in [-0.05, 0) is 48.2 Å². The second-order valence-electron chi connectivity index (χ2n) is 8.86. The molecule has 2 aliphatic rings. The molecule has 0 aliphatic carbocycles. The number of aromatic nitrogens is 4. The number of anilines is 2. The van der Waals surface area contributed by atoms with Crippen LogP contribution in [-0.4, -0.2) is 52.0 Å². The van der Waals surface area contributed by atoms with E-state index in [1.54, 1.807) is 6.26 Å². The summed E-state index contributed by atoms with van der Waals surface area (Å²) in [7, 11) is 0. The molecule has 3 aromatic heterocycles. The van der Waals surface area contributed by atoms with E-state index in [0.29, 0.717) is 17.1 Å². The third-order valence-corrected chi connectivity index (χ3v) is 7.36. The van der Waals surface area contributed by atoms with Crippen LogP contribution in [0.1, 0.15) is 18.7 Å². The average Bonchev–Trinajstić information content (AvgIpc) is 3.60. The van der Waals surface area contributed by atoms with Gasteiger partial charge in [0.1, 0.15) is 11.6 Å². The highest BCUT2D eigenvalue weighted by atomic mass is 32.2. The van der Waals surface area contributed by atoms with Gasteiger partial charge in [-0.15, -0.1) is 0 Å². The Morgan fingerprint density at radius 1 is 0.919 bits per heavy atom. The van der Waals surface area contributed by atoms with E-state index in [4.69, 9.17) is 19.4 Å². The summed E-state index contributed by atoms with van der Waals surface area (Å²) in [4.78, 5) is 28.8. The van der Waals surface area contributed by atoms with Crippen LogP contribution in [0.4, 0.5) is 17.6 Å². The molecule has 1 aromatic carbocycles. The minimum Gasteiger partial charge on any atom is -0.468 e. The van der Waals surface area contributed by atoms with Gasteiger partial charge >= 0.3 is 0 Å². The van der Waals surface area contributed by atoms with Gasteiger partial charge in [-0.3, -0.25) is 4.98 Å². The zero-order valence-corrected chi connectivity index (χ0v) is 21.2. The summed E-state index contributed by atoms with van der Waals surface area (Å²) in [5.74, 6) is 2.70. The van der Waals surface area contributed by atoms with Crippen LogP contribution in [0.3, 0.4) is 0 Å². The van der Waals surface area contributed by atoms with Crippen LogP contribution in [-0.2, 0) is 0 Å².